The predicted molar refractivity (Wildman–Crippen MR) is 81.2 cm³/mol. The van der Waals surface area contributed by atoms with E-state index in [0.29, 0.717) is 5.56 Å². The molecule has 0 aliphatic heterocycles. The zero-order chi connectivity index (χ0) is 15.2. The highest BCUT2D eigenvalue weighted by atomic mass is 16.5. The van der Waals surface area contributed by atoms with Crippen molar-refractivity contribution < 1.29 is 9.53 Å². The Balaban J connectivity index is 2.01. The Bertz CT molecular complexity index is 685. The normalized spacial score (nSPS) is 9.76. The second-order valence-corrected chi connectivity index (χ2v) is 4.72. The summed E-state index contributed by atoms with van der Waals surface area (Å²) in [5.41, 5.74) is 3.17. The number of rotatable bonds is 4. The molecular weight excluding hydrogens is 264 g/mol. The van der Waals surface area contributed by atoms with E-state index in [1.54, 1.807) is 31.4 Å². The van der Waals surface area contributed by atoms with Crippen molar-refractivity contribution in [1.82, 2.24) is 0 Å². The highest BCUT2D eigenvalue weighted by Crippen LogP contribution is 2.21. The maximum absolute atomic E-state index is 12.0. The third-order valence-electron chi connectivity index (χ3n) is 3.13. The molecular formula is C17H16N2O2. The van der Waals surface area contributed by atoms with Gasteiger partial charge >= 0.3 is 0 Å². The van der Waals surface area contributed by atoms with Crippen molar-refractivity contribution >= 4 is 11.6 Å². The fourth-order valence-corrected chi connectivity index (χ4v) is 2.04. The van der Waals surface area contributed by atoms with Crippen molar-refractivity contribution in [2.24, 2.45) is 0 Å². The van der Waals surface area contributed by atoms with Gasteiger partial charge in [0, 0.05) is 5.69 Å². The molecule has 0 fully saturated rings. The van der Waals surface area contributed by atoms with Gasteiger partial charge < -0.3 is 10.1 Å². The van der Waals surface area contributed by atoms with E-state index in [4.69, 9.17) is 10.00 Å². The van der Waals surface area contributed by atoms with Crippen LogP contribution in [-0.2, 0) is 11.2 Å². The number of ether oxygens (including phenoxy) is 1. The number of carbonyl (C=O) groups excluding carboxylic acids is 1. The molecule has 4 nitrogen and oxygen atoms in total. The summed E-state index contributed by atoms with van der Waals surface area (Å²) in [7, 11) is 1.62. The average Bonchev–Trinajstić information content (AvgIpc) is 2.48. The minimum Gasteiger partial charge on any atom is -0.496 e. The summed E-state index contributed by atoms with van der Waals surface area (Å²) in [4.78, 5) is 12.0. The third kappa shape index (κ3) is 3.83. The van der Waals surface area contributed by atoms with E-state index >= 15 is 0 Å². The van der Waals surface area contributed by atoms with Gasteiger partial charge in [-0.2, -0.15) is 5.26 Å². The molecule has 1 amide bonds. The van der Waals surface area contributed by atoms with E-state index < -0.39 is 0 Å². The predicted octanol–water partition coefficient (Wildman–Crippen LogP) is 3.06. The molecule has 0 radical (unpaired) electrons. The number of nitrogens with zero attached hydrogens (tertiary/aromatic N) is 1. The van der Waals surface area contributed by atoms with Crippen LogP contribution in [0, 0.1) is 18.3 Å². The van der Waals surface area contributed by atoms with Gasteiger partial charge in [0.1, 0.15) is 5.75 Å². The number of nitriles is 1. The third-order valence-corrected chi connectivity index (χ3v) is 3.13. The van der Waals surface area contributed by atoms with Crippen LogP contribution in [0.3, 0.4) is 0 Å². The summed E-state index contributed by atoms with van der Waals surface area (Å²) < 4.78 is 5.18. The number of methoxy groups -OCH3 is 1. The second kappa shape index (κ2) is 6.58. The number of anilines is 1. The highest BCUT2D eigenvalue weighted by molar-refractivity contribution is 5.92. The van der Waals surface area contributed by atoms with E-state index in [9.17, 15) is 4.79 Å². The van der Waals surface area contributed by atoms with Gasteiger partial charge in [0.2, 0.25) is 5.91 Å². The molecule has 0 saturated heterocycles. The summed E-state index contributed by atoms with van der Waals surface area (Å²) in [6, 6.07) is 14.6. The molecule has 0 atom stereocenters. The van der Waals surface area contributed by atoms with Crippen molar-refractivity contribution in [3.05, 3.63) is 59.2 Å². The van der Waals surface area contributed by atoms with E-state index in [1.165, 1.54) is 0 Å². The van der Waals surface area contributed by atoms with Gasteiger partial charge in [-0.15, -0.1) is 0 Å². The fraction of sp³-hybridized carbons (Fsp3) is 0.176. The van der Waals surface area contributed by atoms with Crippen molar-refractivity contribution in [1.29, 1.82) is 5.26 Å². The van der Waals surface area contributed by atoms with Crippen LogP contribution < -0.4 is 10.1 Å². The molecule has 0 aliphatic rings. The molecule has 0 spiro atoms. The zero-order valence-corrected chi connectivity index (χ0v) is 12.0. The van der Waals surface area contributed by atoms with E-state index in [2.05, 4.69) is 11.4 Å². The van der Waals surface area contributed by atoms with Crippen molar-refractivity contribution in [3.8, 4) is 11.8 Å². The van der Waals surface area contributed by atoms with E-state index in [0.717, 1.165) is 22.6 Å². The molecule has 0 heterocycles. The molecule has 21 heavy (non-hydrogen) atoms. The standard InChI is InChI=1S/C17H16N2O2/c1-12-9-15(7-8-16(12)21-2)19-17(20)10-13-3-5-14(11-18)6-4-13/h3-9H,10H2,1-2H3,(H,19,20). The molecule has 0 aliphatic carbocycles. The van der Waals surface area contributed by atoms with Crippen LogP contribution in [-0.4, -0.2) is 13.0 Å². The first-order valence-electron chi connectivity index (χ1n) is 6.56. The number of nitrogens with one attached hydrogen (secondary N) is 1. The lowest BCUT2D eigenvalue weighted by molar-refractivity contribution is -0.115. The molecule has 0 saturated carbocycles. The van der Waals surface area contributed by atoms with Gasteiger partial charge in [-0.05, 0) is 48.4 Å². The van der Waals surface area contributed by atoms with Crippen LogP contribution in [0.25, 0.3) is 0 Å². The maximum atomic E-state index is 12.0. The smallest absolute Gasteiger partial charge is 0.228 e. The van der Waals surface area contributed by atoms with Crippen LogP contribution in [0.1, 0.15) is 16.7 Å². The second-order valence-electron chi connectivity index (χ2n) is 4.72. The Morgan fingerprint density at radius 3 is 2.52 bits per heavy atom. The zero-order valence-electron chi connectivity index (χ0n) is 12.0. The van der Waals surface area contributed by atoms with E-state index in [-0.39, 0.29) is 12.3 Å². The molecule has 2 aromatic rings. The highest BCUT2D eigenvalue weighted by Gasteiger charge is 2.06. The maximum Gasteiger partial charge on any atom is 0.228 e. The summed E-state index contributed by atoms with van der Waals surface area (Å²) >= 11 is 0. The Morgan fingerprint density at radius 1 is 1.24 bits per heavy atom. The fourth-order valence-electron chi connectivity index (χ4n) is 2.04. The molecule has 106 valence electrons. The lowest BCUT2D eigenvalue weighted by atomic mass is 10.1. The first-order chi connectivity index (χ1) is 10.1. The van der Waals surface area contributed by atoms with Gasteiger partial charge in [0.05, 0.1) is 25.2 Å². The molecule has 2 aromatic carbocycles. The average molecular weight is 280 g/mol. The Morgan fingerprint density at radius 2 is 1.95 bits per heavy atom. The first-order valence-corrected chi connectivity index (χ1v) is 6.56. The first kappa shape index (κ1) is 14.6. The Kier molecular flexibility index (Phi) is 4.57. The summed E-state index contributed by atoms with van der Waals surface area (Å²) in [5, 5.41) is 11.6. The molecule has 0 aromatic heterocycles. The number of hydrogen-bond donors (Lipinski definition) is 1. The lowest BCUT2D eigenvalue weighted by Gasteiger charge is -2.09. The number of hydrogen-bond acceptors (Lipinski definition) is 3. The Hall–Kier alpha value is -2.80. The summed E-state index contributed by atoms with van der Waals surface area (Å²) in [5.74, 6) is 0.698. The monoisotopic (exact) mass is 280 g/mol. The van der Waals surface area contributed by atoms with Gasteiger partial charge in [-0.1, -0.05) is 12.1 Å². The van der Waals surface area contributed by atoms with Crippen LogP contribution in [0.5, 0.6) is 5.75 Å². The number of carbonyl (C=O) groups is 1. The van der Waals surface area contributed by atoms with Crippen LogP contribution in [0.2, 0.25) is 0 Å². The molecule has 2 rings (SSSR count). The SMILES string of the molecule is COc1ccc(NC(=O)Cc2ccc(C#N)cc2)cc1C. The van der Waals surface area contributed by atoms with Gasteiger partial charge in [0.15, 0.2) is 0 Å². The lowest BCUT2D eigenvalue weighted by Crippen LogP contribution is -2.14. The number of benzene rings is 2. The summed E-state index contributed by atoms with van der Waals surface area (Å²) in [6.45, 7) is 1.93. The van der Waals surface area contributed by atoms with Crippen molar-refractivity contribution in [2.75, 3.05) is 12.4 Å². The largest absolute Gasteiger partial charge is 0.496 e. The van der Waals surface area contributed by atoms with Crippen LogP contribution in [0.4, 0.5) is 5.69 Å². The van der Waals surface area contributed by atoms with E-state index in [1.807, 2.05) is 25.1 Å². The van der Waals surface area contributed by atoms with Gasteiger partial charge in [0.25, 0.3) is 0 Å². The molecule has 4 heteroatoms. The van der Waals surface area contributed by atoms with Crippen molar-refractivity contribution in [2.45, 2.75) is 13.3 Å². The number of amides is 1. The Labute approximate surface area is 124 Å². The van der Waals surface area contributed by atoms with Crippen LogP contribution >= 0.6 is 0 Å². The minimum atomic E-state index is -0.0933. The van der Waals surface area contributed by atoms with Gasteiger partial charge in [-0.3, -0.25) is 4.79 Å². The summed E-state index contributed by atoms with van der Waals surface area (Å²) in [6.07, 6.45) is 0.275. The molecule has 0 bridgehead atoms. The van der Waals surface area contributed by atoms with Crippen LogP contribution in [0.15, 0.2) is 42.5 Å². The van der Waals surface area contributed by atoms with Crippen molar-refractivity contribution in [3.63, 3.8) is 0 Å². The van der Waals surface area contributed by atoms with Gasteiger partial charge in [-0.25, -0.2) is 0 Å². The minimum absolute atomic E-state index is 0.0933. The topological polar surface area (TPSA) is 62.1 Å². The molecule has 1 N–H and O–H groups in total. The number of aryl methyl sites for hydroxylation is 1. The molecule has 0 unspecified atom stereocenters. The quantitative estimate of drug-likeness (QED) is 0.936.